The van der Waals surface area contributed by atoms with Crippen molar-refractivity contribution in [1.29, 1.82) is 0 Å². The van der Waals surface area contributed by atoms with E-state index in [1.165, 1.54) is 0 Å². The molecule has 0 fully saturated rings. The van der Waals surface area contributed by atoms with E-state index >= 15 is 0 Å². The lowest BCUT2D eigenvalue weighted by Gasteiger charge is -2.05. The van der Waals surface area contributed by atoms with Gasteiger partial charge in [-0.2, -0.15) is 0 Å². The fraction of sp³-hybridized carbons (Fsp3) is 0.900. The minimum Gasteiger partial charge on any atom is -0.481 e. The number of halogens is 2. The first kappa shape index (κ1) is 15.2. The Labute approximate surface area is 94.0 Å². The summed E-state index contributed by atoms with van der Waals surface area (Å²) in [4.78, 5) is 10.2. The third kappa shape index (κ3) is 13.2. The number of hydrogen-bond acceptors (Lipinski definition) is 3. The fourth-order valence-corrected chi connectivity index (χ4v) is 1.14. The van der Waals surface area contributed by atoms with Gasteiger partial charge < -0.3 is 15.2 Å². The number of hydrogen-bond donors (Lipinski definition) is 2. The minimum absolute atomic E-state index is 0.206. The van der Waals surface area contributed by atoms with Crippen LogP contribution < -0.4 is 5.32 Å². The summed E-state index contributed by atoms with van der Waals surface area (Å²) < 4.78 is 27.9. The Balaban J connectivity index is 2.96. The molecule has 4 nitrogen and oxygen atoms in total. The van der Waals surface area contributed by atoms with Gasteiger partial charge in [0.05, 0.1) is 6.61 Å². The van der Waals surface area contributed by atoms with Crippen LogP contribution in [0.5, 0.6) is 0 Å². The predicted molar refractivity (Wildman–Crippen MR) is 55.8 cm³/mol. The Bertz CT molecular complexity index is 179. The van der Waals surface area contributed by atoms with E-state index in [0.29, 0.717) is 13.0 Å². The van der Waals surface area contributed by atoms with E-state index < -0.39 is 19.0 Å². The van der Waals surface area contributed by atoms with Gasteiger partial charge in [-0.15, -0.1) is 0 Å². The standard InChI is InChI=1S/C10H19F2NO3/c11-9(12)8-16-7-6-13-5-3-1-2-4-10(14)15/h9,13H,1-8H2,(H,14,15). The SMILES string of the molecule is O=C(O)CCCCCNCCOCC(F)F. The Morgan fingerprint density at radius 2 is 2.00 bits per heavy atom. The smallest absolute Gasteiger partial charge is 0.303 e. The second kappa shape index (κ2) is 10.8. The monoisotopic (exact) mass is 239 g/mol. The zero-order chi connectivity index (χ0) is 12.2. The summed E-state index contributed by atoms with van der Waals surface area (Å²) in [5.74, 6) is -0.770. The van der Waals surface area contributed by atoms with Crippen molar-refractivity contribution in [3.8, 4) is 0 Å². The van der Waals surface area contributed by atoms with E-state index in [9.17, 15) is 13.6 Å². The topological polar surface area (TPSA) is 58.6 Å². The summed E-state index contributed by atoms with van der Waals surface area (Å²) in [5.41, 5.74) is 0. The molecule has 6 heteroatoms. The van der Waals surface area contributed by atoms with Gasteiger partial charge in [-0.1, -0.05) is 6.42 Å². The van der Waals surface area contributed by atoms with Crippen molar-refractivity contribution in [3.63, 3.8) is 0 Å². The summed E-state index contributed by atoms with van der Waals surface area (Å²) >= 11 is 0. The molecule has 0 atom stereocenters. The van der Waals surface area contributed by atoms with Gasteiger partial charge in [0.1, 0.15) is 6.61 Å². The molecule has 2 N–H and O–H groups in total. The number of nitrogens with one attached hydrogen (secondary N) is 1. The van der Waals surface area contributed by atoms with Crippen molar-refractivity contribution in [1.82, 2.24) is 5.32 Å². The van der Waals surface area contributed by atoms with Gasteiger partial charge in [-0.25, -0.2) is 8.78 Å². The summed E-state index contributed by atoms with van der Waals surface area (Å²) in [7, 11) is 0. The molecular formula is C10H19F2NO3. The van der Waals surface area contributed by atoms with Gasteiger partial charge in [0, 0.05) is 13.0 Å². The molecule has 0 unspecified atom stereocenters. The summed E-state index contributed by atoms with van der Waals surface area (Å²) in [6.45, 7) is 1.07. The Morgan fingerprint density at radius 3 is 2.62 bits per heavy atom. The highest BCUT2D eigenvalue weighted by atomic mass is 19.3. The Kier molecular flexibility index (Phi) is 10.3. The van der Waals surface area contributed by atoms with Crippen LogP contribution in [0.1, 0.15) is 25.7 Å². The van der Waals surface area contributed by atoms with Crippen LogP contribution in [0.25, 0.3) is 0 Å². The molecule has 0 radical (unpaired) electrons. The molecule has 0 saturated carbocycles. The first-order valence-corrected chi connectivity index (χ1v) is 5.41. The van der Waals surface area contributed by atoms with Gasteiger partial charge in [0.2, 0.25) is 0 Å². The van der Waals surface area contributed by atoms with E-state index in [1.807, 2.05) is 0 Å². The molecular weight excluding hydrogens is 220 g/mol. The average Bonchev–Trinajstić information content (AvgIpc) is 2.20. The van der Waals surface area contributed by atoms with Crippen molar-refractivity contribution < 1.29 is 23.4 Å². The quantitative estimate of drug-likeness (QED) is 0.536. The molecule has 0 heterocycles. The molecule has 0 amide bonds. The lowest BCUT2D eigenvalue weighted by Crippen LogP contribution is -2.22. The number of rotatable bonds is 11. The Hall–Kier alpha value is -0.750. The zero-order valence-corrected chi connectivity index (χ0v) is 9.25. The third-order valence-corrected chi connectivity index (χ3v) is 1.91. The minimum atomic E-state index is -2.41. The maximum atomic E-state index is 11.6. The number of carboxylic acid groups (broad SMARTS) is 1. The van der Waals surface area contributed by atoms with Crippen LogP contribution in [0.2, 0.25) is 0 Å². The van der Waals surface area contributed by atoms with Gasteiger partial charge >= 0.3 is 5.97 Å². The molecule has 0 saturated heterocycles. The van der Waals surface area contributed by atoms with E-state index in [0.717, 1.165) is 19.4 Å². The number of carbonyl (C=O) groups is 1. The molecule has 0 bridgehead atoms. The van der Waals surface area contributed by atoms with Crippen molar-refractivity contribution in [2.45, 2.75) is 32.1 Å². The molecule has 0 aliphatic rings. The zero-order valence-electron chi connectivity index (χ0n) is 9.25. The molecule has 0 aromatic heterocycles. The maximum Gasteiger partial charge on any atom is 0.303 e. The highest BCUT2D eigenvalue weighted by molar-refractivity contribution is 5.66. The average molecular weight is 239 g/mol. The lowest BCUT2D eigenvalue weighted by molar-refractivity contribution is -0.137. The molecule has 0 aliphatic heterocycles. The van der Waals surface area contributed by atoms with Crippen LogP contribution in [0.15, 0.2) is 0 Å². The first-order valence-electron chi connectivity index (χ1n) is 5.41. The van der Waals surface area contributed by atoms with Gasteiger partial charge in [0.15, 0.2) is 0 Å². The van der Waals surface area contributed by atoms with E-state index in [-0.39, 0.29) is 13.0 Å². The number of alkyl halides is 2. The lowest BCUT2D eigenvalue weighted by atomic mass is 10.2. The van der Waals surface area contributed by atoms with Crippen LogP contribution >= 0.6 is 0 Å². The highest BCUT2D eigenvalue weighted by Crippen LogP contribution is 1.98. The molecule has 0 aliphatic carbocycles. The van der Waals surface area contributed by atoms with Crippen LogP contribution in [0.4, 0.5) is 8.78 Å². The van der Waals surface area contributed by atoms with Gasteiger partial charge in [-0.3, -0.25) is 4.79 Å². The van der Waals surface area contributed by atoms with Crippen molar-refractivity contribution in [3.05, 3.63) is 0 Å². The van der Waals surface area contributed by atoms with E-state index in [2.05, 4.69) is 10.1 Å². The molecule has 0 rings (SSSR count). The molecule has 16 heavy (non-hydrogen) atoms. The number of carboxylic acids is 1. The molecule has 0 spiro atoms. The fourth-order valence-electron chi connectivity index (χ4n) is 1.14. The second-order valence-electron chi connectivity index (χ2n) is 3.42. The van der Waals surface area contributed by atoms with Crippen LogP contribution in [0.3, 0.4) is 0 Å². The van der Waals surface area contributed by atoms with E-state index in [1.54, 1.807) is 0 Å². The third-order valence-electron chi connectivity index (χ3n) is 1.91. The predicted octanol–water partition coefficient (Wildman–Crippen LogP) is 1.50. The summed E-state index contributed by atoms with van der Waals surface area (Å²) in [6, 6.07) is 0. The van der Waals surface area contributed by atoms with Crippen LogP contribution in [-0.4, -0.2) is 43.8 Å². The number of unbranched alkanes of at least 4 members (excludes halogenated alkanes) is 2. The molecule has 96 valence electrons. The summed E-state index contributed by atoms with van der Waals surface area (Å²) in [6.07, 6.45) is 0.228. The number of aliphatic carboxylic acids is 1. The maximum absolute atomic E-state index is 11.6. The van der Waals surface area contributed by atoms with E-state index in [4.69, 9.17) is 5.11 Å². The molecule has 0 aromatic rings. The number of ether oxygens (including phenoxy) is 1. The van der Waals surface area contributed by atoms with Gasteiger partial charge in [-0.05, 0) is 19.4 Å². The van der Waals surface area contributed by atoms with Crippen molar-refractivity contribution >= 4 is 5.97 Å². The Morgan fingerprint density at radius 1 is 1.25 bits per heavy atom. The van der Waals surface area contributed by atoms with Gasteiger partial charge in [0.25, 0.3) is 6.43 Å². The van der Waals surface area contributed by atoms with Crippen molar-refractivity contribution in [2.24, 2.45) is 0 Å². The first-order chi connectivity index (χ1) is 7.63. The molecule has 0 aromatic carbocycles. The normalized spacial score (nSPS) is 10.9. The largest absolute Gasteiger partial charge is 0.481 e. The van der Waals surface area contributed by atoms with Crippen LogP contribution in [0, 0.1) is 0 Å². The second-order valence-corrected chi connectivity index (χ2v) is 3.42. The highest BCUT2D eigenvalue weighted by Gasteiger charge is 2.00. The summed E-state index contributed by atoms with van der Waals surface area (Å²) in [5, 5.41) is 11.4. The van der Waals surface area contributed by atoms with Crippen LogP contribution in [-0.2, 0) is 9.53 Å². The van der Waals surface area contributed by atoms with Crippen molar-refractivity contribution in [2.75, 3.05) is 26.3 Å².